The Balaban J connectivity index is 2.09. The largest absolute Gasteiger partial charge is 0.337 e. The SMILES string of the molecule is CC[C@@H](C)C(=O)N(Cc1ccncc1)C[C@H]1CCCN1CC. The third kappa shape index (κ3) is 4.29. The second kappa shape index (κ2) is 8.28. The predicted molar refractivity (Wildman–Crippen MR) is 89.4 cm³/mol. The molecule has 0 radical (unpaired) electrons. The van der Waals surface area contributed by atoms with Gasteiger partial charge in [0, 0.05) is 37.4 Å². The van der Waals surface area contributed by atoms with Gasteiger partial charge in [-0.3, -0.25) is 14.7 Å². The molecule has 0 N–H and O–H groups in total. The number of hydrogen-bond acceptors (Lipinski definition) is 3. The van der Waals surface area contributed by atoms with Crippen LogP contribution >= 0.6 is 0 Å². The van der Waals surface area contributed by atoms with E-state index in [-0.39, 0.29) is 11.8 Å². The molecule has 0 spiro atoms. The third-order valence-corrected chi connectivity index (χ3v) is 4.80. The first kappa shape index (κ1) is 16.9. The van der Waals surface area contributed by atoms with E-state index in [1.165, 1.54) is 19.4 Å². The van der Waals surface area contributed by atoms with Crippen LogP contribution < -0.4 is 0 Å². The lowest BCUT2D eigenvalue weighted by Gasteiger charge is -2.32. The zero-order valence-corrected chi connectivity index (χ0v) is 14.2. The van der Waals surface area contributed by atoms with Crippen molar-refractivity contribution in [3.63, 3.8) is 0 Å². The van der Waals surface area contributed by atoms with Gasteiger partial charge in [-0.05, 0) is 50.0 Å². The van der Waals surface area contributed by atoms with Crippen molar-refractivity contribution >= 4 is 5.91 Å². The highest BCUT2D eigenvalue weighted by molar-refractivity contribution is 5.78. The molecule has 122 valence electrons. The average molecular weight is 303 g/mol. The van der Waals surface area contributed by atoms with Crippen molar-refractivity contribution in [3.8, 4) is 0 Å². The molecule has 1 aromatic rings. The van der Waals surface area contributed by atoms with Crippen LogP contribution in [0.15, 0.2) is 24.5 Å². The number of carbonyl (C=O) groups excluding carboxylic acids is 1. The molecule has 1 saturated heterocycles. The standard InChI is InChI=1S/C18H29N3O/c1-4-15(3)18(22)21(13-16-8-10-19-11-9-16)14-17-7-6-12-20(17)5-2/h8-11,15,17H,4-7,12-14H2,1-3H3/t15-,17-/m1/s1. The smallest absolute Gasteiger partial charge is 0.225 e. The Bertz CT molecular complexity index is 463. The van der Waals surface area contributed by atoms with Crippen molar-refractivity contribution in [2.24, 2.45) is 5.92 Å². The lowest BCUT2D eigenvalue weighted by atomic mass is 10.1. The van der Waals surface area contributed by atoms with Crippen molar-refractivity contribution in [1.29, 1.82) is 0 Å². The van der Waals surface area contributed by atoms with Gasteiger partial charge in [-0.25, -0.2) is 0 Å². The molecule has 0 aromatic carbocycles. The lowest BCUT2D eigenvalue weighted by Crippen LogP contribution is -2.44. The Morgan fingerprint density at radius 2 is 2.14 bits per heavy atom. The maximum atomic E-state index is 12.8. The van der Waals surface area contributed by atoms with Crippen LogP contribution in [0.25, 0.3) is 0 Å². The van der Waals surface area contributed by atoms with E-state index in [9.17, 15) is 4.79 Å². The van der Waals surface area contributed by atoms with E-state index in [0.29, 0.717) is 12.6 Å². The van der Waals surface area contributed by atoms with E-state index in [1.54, 1.807) is 12.4 Å². The number of likely N-dealkylation sites (tertiary alicyclic amines) is 1. The van der Waals surface area contributed by atoms with Gasteiger partial charge in [-0.2, -0.15) is 0 Å². The van der Waals surface area contributed by atoms with Crippen molar-refractivity contribution in [2.75, 3.05) is 19.6 Å². The highest BCUT2D eigenvalue weighted by Crippen LogP contribution is 2.20. The first-order valence-corrected chi connectivity index (χ1v) is 8.57. The van der Waals surface area contributed by atoms with Crippen molar-refractivity contribution < 1.29 is 4.79 Å². The van der Waals surface area contributed by atoms with E-state index in [0.717, 1.165) is 25.1 Å². The second-order valence-corrected chi connectivity index (χ2v) is 6.31. The normalized spacial score (nSPS) is 20.0. The number of aromatic nitrogens is 1. The molecule has 0 bridgehead atoms. The van der Waals surface area contributed by atoms with E-state index in [4.69, 9.17) is 0 Å². The second-order valence-electron chi connectivity index (χ2n) is 6.31. The summed E-state index contributed by atoms with van der Waals surface area (Å²) < 4.78 is 0. The molecule has 1 fully saturated rings. The molecule has 1 aromatic heterocycles. The van der Waals surface area contributed by atoms with Gasteiger partial charge in [0.2, 0.25) is 5.91 Å². The fourth-order valence-corrected chi connectivity index (χ4v) is 3.20. The number of nitrogens with zero attached hydrogens (tertiary/aromatic N) is 3. The van der Waals surface area contributed by atoms with Gasteiger partial charge in [0.25, 0.3) is 0 Å². The van der Waals surface area contributed by atoms with Gasteiger partial charge in [0.15, 0.2) is 0 Å². The summed E-state index contributed by atoms with van der Waals surface area (Å²) in [6.45, 7) is 10.1. The Morgan fingerprint density at radius 3 is 2.77 bits per heavy atom. The number of amides is 1. The molecule has 2 rings (SSSR count). The van der Waals surface area contributed by atoms with Gasteiger partial charge >= 0.3 is 0 Å². The Morgan fingerprint density at radius 1 is 1.41 bits per heavy atom. The Hall–Kier alpha value is -1.42. The Labute approximate surface area is 134 Å². The van der Waals surface area contributed by atoms with Crippen molar-refractivity contribution in [3.05, 3.63) is 30.1 Å². The molecule has 1 amide bonds. The van der Waals surface area contributed by atoms with E-state index < -0.39 is 0 Å². The molecular weight excluding hydrogens is 274 g/mol. The summed E-state index contributed by atoms with van der Waals surface area (Å²) >= 11 is 0. The van der Waals surface area contributed by atoms with Crippen molar-refractivity contribution in [2.45, 2.75) is 52.6 Å². The van der Waals surface area contributed by atoms with Crippen LogP contribution in [0.5, 0.6) is 0 Å². The molecule has 0 aliphatic carbocycles. The van der Waals surface area contributed by atoms with Crippen molar-refractivity contribution in [1.82, 2.24) is 14.8 Å². The highest BCUT2D eigenvalue weighted by Gasteiger charge is 2.28. The van der Waals surface area contributed by atoms with Gasteiger partial charge in [0.05, 0.1) is 0 Å². The van der Waals surface area contributed by atoms with Crippen LogP contribution in [0, 0.1) is 5.92 Å². The first-order chi connectivity index (χ1) is 10.7. The quantitative estimate of drug-likeness (QED) is 0.777. The minimum atomic E-state index is 0.0957. The highest BCUT2D eigenvalue weighted by atomic mass is 16.2. The minimum Gasteiger partial charge on any atom is -0.337 e. The number of hydrogen-bond donors (Lipinski definition) is 0. The van der Waals surface area contributed by atoms with Crippen LogP contribution in [0.4, 0.5) is 0 Å². The number of pyridine rings is 1. The molecule has 1 aliphatic rings. The molecule has 2 heterocycles. The monoisotopic (exact) mass is 303 g/mol. The maximum absolute atomic E-state index is 12.8. The van der Waals surface area contributed by atoms with Gasteiger partial charge in [0.1, 0.15) is 0 Å². The zero-order chi connectivity index (χ0) is 15.9. The van der Waals surface area contributed by atoms with Crippen LogP contribution in [-0.2, 0) is 11.3 Å². The third-order valence-electron chi connectivity index (χ3n) is 4.80. The number of rotatable bonds is 7. The van der Waals surface area contributed by atoms with Gasteiger partial charge < -0.3 is 4.90 Å². The fraction of sp³-hybridized carbons (Fsp3) is 0.667. The van der Waals surface area contributed by atoms with E-state index in [2.05, 4.69) is 28.6 Å². The summed E-state index contributed by atoms with van der Waals surface area (Å²) in [4.78, 5) is 21.4. The van der Waals surface area contributed by atoms with Crippen LogP contribution in [-0.4, -0.2) is 46.4 Å². The van der Waals surface area contributed by atoms with Gasteiger partial charge in [-0.1, -0.05) is 20.8 Å². The molecule has 0 saturated carbocycles. The van der Waals surface area contributed by atoms with Crippen LogP contribution in [0.1, 0.15) is 45.6 Å². The first-order valence-electron chi connectivity index (χ1n) is 8.57. The number of likely N-dealkylation sites (N-methyl/N-ethyl adjacent to an activating group) is 1. The molecule has 22 heavy (non-hydrogen) atoms. The Kier molecular flexibility index (Phi) is 6.37. The van der Waals surface area contributed by atoms with Gasteiger partial charge in [-0.15, -0.1) is 0 Å². The molecule has 4 heteroatoms. The zero-order valence-electron chi connectivity index (χ0n) is 14.2. The molecule has 2 atom stereocenters. The topological polar surface area (TPSA) is 36.4 Å². The summed E-state index contributed by atoms with van der Waals surface area (Å²) in [6, 6.07) is 4.52. The fourth-order valence-electron chi connectivity index (χ4n) is 3.20. The summed E-state index contributed by atoms with van der Waals surface area (Å²) in [5.74, 6) is 0.376. The predicted octanol–water partition coefficient (Wildman–Crippen LogP) is 2.94. The van der Waals surface area contributed by atoms with E-state index >= 15 is 0 Å². The van der Waals surface area contributed by atoms with Crippen LogP contribution in [0.2, 0.25) is 0 Å². The molecule has 1 aliphatic heterocycles. The summed E-state index contributed by atoms with van der Waals surface area (Å²) in [7, 11) is 0. The average Bonchev–Trinajstić information content (AvgIpc) is 3.01. The van der Waals surface area contributed by atoms with E-state index in [1.807, 2.05) is 19.1 Å². The van der Waals surface area contributed by atoms with Crippen LogP contribution in [0.3, 0.4) is 0 Å². The molecule has 0 unspecified atom stereocenters. The molecular formula is C18H29N3O. The minimum absolute atomic E-state index is 0.0957. The summed E-state index contributed by atoms with van der Waals surface area (Å²) in [5.41, 5.74) is 1.16. The number of carbonyl (C=O) groups is 1. The maximum Gasteiger partial charge on any atom is 0.225 e. The molecule has 4 nitrogen and oxygen atoms in total. The summed E-state index contributed by atoms with van der Waals surface area (Å²) in [5, 5.41) is 0. The summed E-state index contributed by atoms with van der Waals surface area (Å²) in [6.07, 6.45) is 6.95. The lowest BCUT2D eigenvalue weighted by molar-refractivity contribution is -0.136.